The Morgan fingerprint density at radius 3 is 3.00 bits per heavy atom. The van der Waals surface area contributed by atoms with Crippen LogP contribution in [-0.4, -0.2) is 35.9 Å². The molecule has 0 radical (unpaired) electrons. The third kappa shape index (κ3) is 1.80. The zero-order valence-electron chi connectivity index (χ0n) is 8.18. The number of aliphatic hydroxyl groups excluding tert-OH is 1. The Labute approximate surface area is 83.1 Å². The number of pyridine rings is 1. The largest absolute Gasteiger partial charge is 0.478 e. The SMILES string of the molecule is CCOc1cccc(N2CC(O)C2)n1. The van der Waals surface area contributed by atoms with Crippen LogP contribution in [0, 0.1) is 0 Å². The van der Waals surface area contributed by atoms with Gasteiger partial charge in [0, 0.05) is 19.2 Å². The van der Waals surface area contributed by atoms with Gasteiger partial charge in [-0.2, -0.15) is 4.98 Å². The van der Waals surface area contributed by atoms with E-state index in [0.717, 1.165) is 5.82 Å². The topological polar surface area (TPSA) is 45.6 Å². The lowest BCUT2D eigenvalue weighted by Gasteiger charge is -2.36. The zero-order valence-corrected chi connectivity index (χ0v) is 8.18. The molecule has 0 aliphatic carbocycles. The fraction of sp³-hybridized carbons (Fsp3) is 0.500. The molecule has 4 heteroatoms. The lowest BCUT2D eigenvalue weighted by atomic mass is 10.2. The summed E-state index contributed by atoms with van der Waals surface area (Å²) in [7, 11) is 0. The van der Waals surface area contributed by atoms with Crippen LogP contribution in [0.25, 0.3) is 0 Å². The molecule has 1 saturated heterocycles. The van der Waals surface area contributed by atoms with Crippen molar-refractivity contribution in [3.8, 4) is 5.88 Å². The van der Waals surface area contributed by atoms with Crippen molar-refractivity contribution in [2.75, 3.05) is 24.6 Å². The van der Waals surface area contributed by atoms with Crippen LogP contribution >= 0.6 is 0 Å². The van der Waals surface area contributed by atoms with Gasteiger partial charge in [-0.15, -0.1) is 0 Å². The molecule has 0 unspecified atom stereocenters. The standard InChI is InChI=1S/C10H14N2O2/c1-2-14-10-5-3-4-9(11-10)12-6-8(13)7-12/h3-5,8,13H,2,6-7H2,1H3. The number of aliphatic hydroxyl groups is 1. The summed E-state index contributed by atoms with van der Waals surface area (Å²) in [5, 5.41) is 9.15. The van der Waals surface area contributed by atoms with E-state index in [1.807, 2.05) is 30.0 Å². The molecule has 14 heavy (non-hydrogen) atoms. The summed E-state index contributed by atoms with van der Waals surface area (Å²) in [5.74, 6) is 1.52. The second kappa shape index (κ2) is 3.84. The molecular weight excluding hydrogens is 180 g/mol. The van der Waals surface area contributed by atoms with E-state index in [1.54, 1.807) is 0 Å². The van der Waals surface area contributed by atoms with Crippen LogP contribution in [0.2, 0.25) is 0 Å². The summed E-state index contributed by atoms with van der Waals surface area (Å²) in [5.41, 5.74) is 0. The molecule has 0 bridgehead atoms. The van der Waals surface area contributed by atoms with E-state index in [0.29, 0.717) is 25.6 Å². The van der Waals surface area contributed by atoms with Crippen molar-refractivity contribution in [3.05, 3.63) is 18.2 Å². The molecule has 2 heterocycles. The molecule has 0 spiro atoms. The number of aromatic nitrogens is 1. The smallest absolute Gasteiger partial charge is 0.215 e. The first-order chi connectivity index (χ1) is 6.79. The minimum Gasteiger partial charge on any atom is -0.478 e. The summed E-state index contributed by atoms with van der Waals surface area (Å²) in [6, 6.07) is 5.68. The highest BCUT2D eigenvalue weighted by Crippen LogP contribution is 2.20. The lowest BCUT2D eigenvalue weighted by Crippen LogP contribution is -2.51. The second-order valence-electron chi connectivity index (χ2n) is 3.33. The van der Waals surface area contributed by atoms with Gasteiger partial charge in [0.05, 0.1) is 12.7 Å². The molecule has 1 aliphatic heterocycles. The van der Waals surface area contributed by atoms with E-state index in [1.165, 1.54) is 0 Å². The number of anilines is 1. The van der Waals surface area contributed by atoms with Crippen molar-refractivity contribution < 1.29 is 9.84 Å². The maximum Gasteiger partial charge on any atom is 0.215 e. The third-order valence-corrected chi connectivity index (χ3v) is 2.19. The van der Waals surface area contributed by atoms with Crippen LogP contribution in [0.1, 0.15) is 6.92 Å². The van der Waals surface area contributed by atoms with E-state index in [-0.39, 0.29) is 6.10 Å². The van der Waals surface area contributed by atoms with E-state index in [9.17, 15) is 0 Å². The highest BCUT2D eigenvalue weighted by molar-refractivity contribution is 5.43. The molecule has 0 atom stereocenters. The van der Waals surface area contributed by atoms with E-state index in [4.69, 9.17) is 9.84 Å². The summed E-state index contributed by atoms with van der Waals surface area (Å²) >= 11 is 0. The minimum absolute atomic E-state index is 0.201. The first-order valence-corrected chi connectivity index (χ1v) is 4.82. The molecular formula is C10H14N2O2. The number of hydrogen-bond donors (Lipinski definition) is 1. The Bertz CT molecular complexity index is 311. The first kappa shape index (κ1) is 9.27. The molecule has 1 aliphatic rings. The molecule has 1 aromatic heterocycles. The average Bonchev–Trinajstić information content (AvgIpc) is 2.14. The Balaban J connectivity index is 2.06. The van der Waals surface area contributed by atoms with Crippen LogP contribution in [0.5, 0.6) is 5.88 Å². The number of β-amino-alcohol motifs (C(OH)–C–C–N with tert-alkyl or cyclic N) is 1. The number of nitrogens with zero attached hydrogens (tertiary/aromatic N) is 2. The summed E-state index contributed by atoms with van der Waals surface area (Å²) in [4.78, 5) is 6.33. The van der Waals surface area contributed by atoms with Gasteiger partial charge in [-0.3, -0.25) is 0 Å². The van der Waals surface area contributed by atoms with Crippen LogP contribution in [0.15, 0.2) is 18.2 Å². The van der Waals surface area contributed by atoms with Crippen LogP contribution in [-0.2, 0) is 0 Å². The number of ether oxygens (including phenoxy) is 1. The maximum absolute atomic E-state index is 9.15. The van der Waals surface area contributed by atoms with Crippen molar-refractivity contribution >= 4 is 5.82 Å². The predicted molar refractivity (Wildman–Crippen MR) is 53.6 cm³/mol. The third-order valence-electron chi connectivity index (χ3n) is 2.19. The van der Waals surface area contributed by atoms with Gasteiger partial charge in [-0.1, -0.05) is 6.07 Å². The van der Waals surface area contributed by atoms with Crippen molar-refractivity contribution in [1.29, 1.82) is 0 Å². The van der Waals surface area contributed by atoms with Crippen molar-refractivity contribution in [2.45, 2.75) is 13.0 Å². The first-order valence-electron chi connectivity index (χ1n) is 4.82. The molecule has 4 nitrogen and oxygen atoms in total. The number of rotatable bonds is 3. The summed E-state index contributed by atoms with van der Waals surface area (Å²) < 4.78 is 5.29. The Morgan fingerprint density at radius 2 is 2.36 bits per heavy atom. The van der Waals surface area contributed by atoms with E-state index >= 15 is 0 Å². The van der Waals surface area contributed by atoms with Crippen LogP contribution < -0.4 is 9.64 Å². The van der Waals surface area contributed by atoms with Gasteiger partial charge in [0.25, 0.3) is 0 Å². The van der Waals surface area contributed by atoms with Crippen LogP contribution in [0.3, 0.4) is 0 Å². The van der Waals surface area contributed by atoms with Gasteiger partial charge in [0.1, 0.15) is 5.82 Å². The fourth-order valence-corrected chi connectivity index (χ4v) is 1.45. The molecule has 0 saturated carbocycles. The Morgan fingerprint density at radius 1 is 1.57 bits per heavy atom. The molecule has 0 amide bonds. The van der Waals surface area contributed by atoms with Crippen LogP contribution in [0.4, 0.5) is 5.82 Å². The number of hydrogen-bond acceptors (Lipinski definition) is 4. The van der Waals surface area contributed by atoms with Gasteiger partial charge in [0.2, 0.25) is 5.88 Å². The normalized spacial score (nSPS) is 16.6. The van der Waals surface area contributed by atoms with Crippen molar-refractivity contribution in [2.24, 2.45) is 0 Å². The zero-order chi connectivity index (χ0) is 9.97. The highest BCUT2D eigenvalue weighted by Gasteiger charge is 2.25. The average molecular weight is 194 g/mol. The highest BCUT2D eigenvalue weighted by atomic mass is 16.5. The van der Waals surface area contributed by atoms with Gasteiger partial charge in [-0.05, 0) is 13.0 Å². The lowest BCUT2D eigenvalue weighted by molar-refractivity contribution is 0.141. The van der Waals surface area contributed by atoms with Gasteiger partial charge >= 0.3 is 0 Å². The van der Waals surface area contributed by atoms with E-state index in [2.05, 4.69) is 4.98 Å². The molecule has 0 aromatic carbocycles. The molecule has 1 aromatic rings. The fourth-order valence-electron chi connectivity index (χ4n) is 1.45. The second-order valence-corrected chi connectivity index (χ2v) is 3.33. The van der Waals surface area contributed by atoms with Gasteiger partial charge in [-0.25, -0.2) is 0 Å². The van der Waals surface area contributed by atoms with Gasteiger partial charge < -0.3 is 14.7 Å². The Kier molecular flexibility index (Phi) is 2.54. The Hall–Kier alpha value is -1.29. The summed E-state index contributed by atoms with van der Waals surface area (Å²) in [6.07, 6.45) is -0.201. The van der Waals surface area contributed by atoms with E-state index < -0.39 is 0 Å². The minimum atomic E-state index is -0.201. The predicted octanol–water partition coefficient (Wildman–Crippen LogP) is 0.661. The maximum atomic E-state index is 9.15. The summed E-state index contributed by atoms with van der Waals surface area (Å²) in [6.45, 7) is 3.89. The van der Waals surface area contributed by atoms with Gasteiger partial charge in [0.15, 0.2) is 0 Å². The molecule has 1 fully saturated rings. The van der Waals surface area contributed by atoms with Crippen molar-refractivity contribution in [3.63, 3.8) is 0 Å². The molecule has 76 valence electrons. The monoisotopic (exact) mass is 194 g/mol. The van der Waals surface area contributed by atoms with Crippen molar-refractivity contribution in [1.82, 2.24) is 4.98 Å². The molecule has 2 rings (SSSR count). The quantitative estimate of drug-likeness (QED) is 0.767. The molecule has 1 N–H and O–H groups in total.